The third-order valence-corrected chi connectivity index (χ3v) is 6.10. The highest BCUT2D eigenvalue weighted by Crippen LogP contribution is 2.40. The molecule has 160 valence electrons. The van der Waals surface area contributed by atoms with Crippen molar-refractivity contribution >= 4 is 11.6 Å². The molecule has 1 aliphatic carbocycles. The van der Waals surface area contributed by atoms with E-state index >= 15 is 0 Å². The first-order valence-electron chi connectivity index (χ1n) is 10.7. The van der Waals surface area contributed by atoms with E-state index in [0.29, 0.717) is 18.0 Å². The molecule has 5 nitrogen and oxygen atoms in total. The summed E-state index contributed by atoms with van der Waals surface area (Å²) in [4.78, 5) is 19.2. The SMILES string of the molecule is CCN(C(=O)c1ccncc1)c1cc(OC)ccc1C1CCc2cc(OC)ccc2C1. The van der Waals surface area contributed by atoms with Crippen molar-refractivity contribution < 1.29 is 14.3 Å². The van der Waals surface area contributed by atoms with Gasteiger partial charge in [0.15, 0.2) is 0 Å². The van der Waals surface area contributed by atoms with Gasteiger partial charge in [0.1, 0.15) is 11.5 Å². The summed E-state index contributed by atoms with van der Waals surface area (Å²) in [6.45, 7) is 2.58. The van der Waals surface area contributed by atoms with Crippen molar-refractivity contribution in [1.82, 2.24) is 4.98 Å². The predicted molar refractivity (Wildman–Crippen MR) is 122 cm³/mol. The predicted octanol–water partition coefficient (Wildman–Crippen LogP) is 5.04. The number of hydrogen-bond donors (Lipinski definition) is 0. The van der Waals surface area contributed by atoms with Crippen LogP contribution in [-0.2, 0) is 12.8 Å². The summed E-state index contributed by atoms with van der Waals surface area (Å²) in [5.41, 5.74) is 5.44. The fourth-order valence-electron chi connectivity index (χ4n) is 4.43. The van der Waals surface area contributed by atoms with Crippen LogP contribution >= 0.6 is 0 Å². The van der Waals surface area contributed by atoms with Gasteiger partial charge in [0, 0.05) is 30.6 Å². The van der Waals surface area contributed by atoms with Crippen LogP contribution < -0.4 is 14.4 Å². The molecule has 1 unspecified atom stereocenters. The summed E-state index contributed by atoms with van der Waals surface area (Å²) in [5, 5.41) is 0. The number of nitrogens with zero attached hydrogens (tertiary/aromatic N) is 2. The van der Waals surface area contributed by atoms with E-state index in [1.54, 1.807) is 38.7 Å². The third-order valence-electron chi connectivity index (χ3n) is 6.10. The van der Waals surface area contributed by atoms with Gasteiger partial charge >= 0.3 is 0 Å². The lowest BCUT2D eigenvalue weighted by molar-refractivity contribution is 0.0988. The Balaban J connectivity index is 1.71. The number of pyridine rings is 1. The van der Waals surface area contributed by atoms with Crippen molar-refractivity contribution in [2.24, 2.45) is 0 Å². The van der Waals surface area contributed by atoms with Gasteiger partial charge in [0.2, 0.25) is 0 Å². The molecule has 5 heteroatoms. The lowest BCUT2D eigenvalue weighted by Crippen LogP contribution is -2.32. The molecule has 1 aromatic heterocycles. The second-order valence-electron chi connectivity index (χ2n) is 7.78. The van der Waals surface area contributed by atoms with E-state index in [4.69, 9.17) is 9.47 Å². The third kappa shape index (κ3) is 4.26. The summed E-state index contributed by atoms with van der Waals surface area (Å²) in [5.74, 6) is 1.96. The molecule has 31 heavy (non-hydrogen) atoms. The monoisotopic (exact) mass is 416 g/mol. The Kier molecular flexibility index (Phi) is 6.21. The molecule has 0 N–H and O–H groups in total. The van der Waals surface area contributed by atoms with Gasteiger partial charge in [-0.3, -0.25) is 9.78 Å². The van der Waals surface area contributed by atoms with Crippen LogP contribution in [0.25, 0.3) is 0 Å². The van der Waals surface area contributed by atoms with E-state index in [1.165, 1.54) is 16.7 Å². The van der Waals surface area contributed by atoms with E-state index in [2.05, 4.69) is 23.2 Å². The molecule has 0 fully saturated rings. The summed E-state index contributed by atoms with van der Waals surface area (Å²) >= 11 is 0. The average molecular weight is 417 g/mol. The molecule has 0 radical (unpaired) electrons. The first kappa shape index (κ1) is 20.9. The van der Waals surface area contributed by atoms with Crippen molar-refractivity contribution in [2.45, 2.75) is 32.1 Å². The Hall–Kier alpha value is -3.34. The van der Waals surface area contributed by atoms with E-state index in [0.717, 1.165) is 36.4 Å². The fourth-order valence-corrected chi connectivity index (χ4v) is 4.43. The summed E-state index contributed by atoms with van der Waals surface area (Å²) < 4.78 is 10.9. The molecular weight excluding hydrogens is 388 g/mol. The zero-order valence-corrected chi connectivity index (χ0v) is 18.3. The zero-order chi connectivity index (χ0) is 21.8. The molecule has 1 amide bonds. The summed E-state index contributed by atoms with van der Waals surface area (Å²) in [6, 6.07) is 16.0. The zero-order valence-electron chi connectivity index (χ0n) is 18.3. The van der Waals surface area contributed by atoms with Crippen molar-refractivity contribution in [2.75, 3.05) is 25.7 Å². The number of aryl methyl sites for hydroxylation is 1. The topological polar surface area (TPSA) is 51.7 Å². The molecule has 0 saturated heterocycles. The lowest BCUT2D eigenvalue weighted by Gasteiger charge is -2.31. The Morgan fingerprint density at radius 2 is 1.71 bits per heavy atom. The number of rotatable bonds is 6. The highest BCUT2D eigenvalue weighted by Gasteiger charge is 2.27. The second kappa shape index (κ2) is 9.21. The number of hydrogen-bond acceptors (Lipinski definition) is 4. The lowest BCUT2D eigenvalue weighted by atomic mass is 9.79. The van der Waals surface area contributed by atoms with Crippen molar-refractivity contribution in [3.05, 3.63) is 83.2 Å². The standard InChI is InChI=1S/C26H28N2O3/c1-4-28(26(29)18-11-13-27-14-12-18)25-17-23(31-3)9-10-24(25)21-6-5-20-16-22(30-2)8-7-19(20)15-21/h7-14,16-17,21H,4-6,15H2,1-3H3. The smallest absolute Gasteiger partial charge is 0.258 e. The number of aromatic nitrogens is 1. The molecule has 1 aliphatic rings. The van der Waals surface area contributed by atoms with Crippen LogP contribution in [0.15, 0.2) is 60.9 Å². The highest BCUT2D eigenvalue weighted by atomic mass is 16.5. The Bertz CT molecular complexity index is 1070. The molecule has 1 atom stereocenters. The molecule has 0 saturated carbocycles. The molecule has 3 aromatic rings. The van der Waals surface area contributed by atoms with Gasteiger partial charge in [0.05, 0.1) is 19.9 Å². The van der Waals surface area contributed by atoms with Crippen LogP contribution in [0.3, 0.4) is 0 Å². The van der Waals surface area contributed by atoms with Gasteiger partial charge in [-0.15, -0.1) is 0 Å². The van der Waals surface area contributed by atoms with Gasteiger partial charge in [-0.05, 0) is 79.1 Å². The first-order chi connectivity index (χ1) is 15.1. The van der Waals surface area contributed by atoms with Gasteiger partial charge in [-0.2, -0.15) is 0 Å². The van der Waals surface area contributed by atoms with Gasteiger partial charge in [0.25, 0.3) is 5.91 Å². The largest absolute Gasteiger partial charge is 0.497 e. The number of amides is 1. The number of carbonyl (C=O) groups is 1. The maximum absolute atomic E-state index is 13.3. The minimum atomic E-state index is -0.0275. The quantitative estimate of drug-likeness (QED) is 0.565. The molecule has 1 heterocycles. The summed E-state index contributed by atoms with van der Waals surface area (Å²) in [6.07, 6.45) is 6.27. The number of carbonyl (C=O) groups excluding carboxylic acids is 1. The first-order valence-corrected chi connectivity index (χ1v) is 10.7. The maximum atomic E-state index is 13.3. The van der Waals surface area contributed by atoms with Crippen LogP contribution in [0.1, 0.15) is 46.3 Å². The number of anilines is 1. The van der Waals surface area contributed by atoms with Crippen LogP contribution in [0.5, 0.6) is 11.5 Å². The van der Waals surface area contributed by atoms with E-state index in [9.17, 15) is 4.79 Å². The van der Waals surface area contributed by atoms with Crippen LogP contribution in [-0.4, -0.2) is 31.7 Å². The number of ether oxygens (including phenoxy) is 2. The molecule has 4 rings (SSSR count). The molecule has 0 bridgehead atoms. The minimum absolute atomic E-state index is 0.0275. The molecule has 2 aromatic carbocycles. The van der Waals surface area contributed by atoms with Gasteiger partial charge < -0.3 is 14.4 Å². The molecular formula is C26H28N2O3. The molecule has 0 aliphatic heterocycles. The normalized spacial score (nSPS) is 15.1. The molecule has 0 spiro atoms. The number of methoxy groups -OCH3 is 2. The van der Waals surface area contributed by atoms with Crippen molar-refractivity contribution in [3.63, 3.8) is 0 Å². The van der Waals surface area contributed by atoms with Crippen LogP contribution in [0, 0.1) is 0 Å². The average Bonchev–Trinajstić information content (AvgIpc) is 2.84. The van der Waals surface area contributed by atoms with Gasteiger partial charge in [-0.25, -0.2) is 0 Å². The van der Waals surface area contributed by atoms with Crippen molar-refractivity contribution in [1.29, 1.82) is 0 Å². The van der Waals surface area contributed by atoms with E-state index < -0.39 is 0 Å². The van der Waals surface area contributed by atoms with E-state index in [1.807, 2.05) is 30.0 Å². The number of benzene rings is 2. The minimum Gasteiger partial charge on any atom is -0.497 e. The number of fused-ring (bicyclic) bond motifs is 1. The summed E-state index contributed by atoms with van der Waals surface area (Å²) in [7, 11) is 3.36. The van der Waals surface area contributed by atoms with Gasteiger partial charge in [-0.1, -0.05) is 12.1 Å². The highest BCUT2D eigenvalue weighted by molar-refractivity contribution is 6.06. The van der Waals surface area contributed by atoms with Crippen molar-refractivity contribution in [3.8, 4) is 11.5 Å². The van der Waals surface area contributed by atoms with Crippen LogP contribution in [0.2, 0.25) is 0 Å². The fraction of sp³-hybridized carbons (Fsp3) is 0.308. The maximum Gasteiger partial charge on any atom is 0.258 e. The Labute approximate surface area is 183 Å². The second-order valence-corrected chi connectivity index (χ2v) is 7.78. The Morgan fingerprint density at radius 1 is 1.00 bits per heavy atom. The van der Waals surface area contributed by atoms with Crippen LogP contribution in [0.4, 0.5) is 5.69 Å². The van der Waals surface area contributed by atoms with E-state index in [-0.39, 0.29) is 5.91 Å². The Morgan fingerprint density at radius 3 is 2.42 bits per heavy atom.